The molecule has 3 heterocycles. The van der Waals surface area contributed by atoms with Crippen molar-refractivity contribution >= 4 is 0 Å². The van der Waals surface area contributed by atoms with Crippen LogP contribution in [-0.2, 0) is 33.2 Å². The fraction of sp³-hybridized carbons (Fsp3) is 0.958. The van der Waals surface area contributed by atoms with Gasteiger partial charge in [0.1, 0.15) is 61.0 Å². The number of ether oxygens (including phenoxy) is 7. The highest BCUT2D eigenvalue weighted by molar-refractivity contribution is 5.36. The van der Waals surface area contributed by atoms with Gasteiger partial charge in [0.2, 0.25) is 0 Å². The van der Waals surface area contributed by atoms with Crippen molar-refractivity contribution in [1.29, 1.82) is 0 Å². The maximum atomic E-state index is 11.9. The van der Waals surface area contributed by atoms with Crippen LogP contribution >= 0.6 is 0 Å². The van der Waals surface area contributed by atoms with Crippen LogP contribution in [0, 0.1) is 50.2 Å². The first-order valence-electron chi connectivity index (χ1n) is 24.2. The summed E-state index contributed by atoms with van der Waals surface area (Å²) in [6.45, 7) is 14.3. The lowest BCUT2D eigenvalue weighted by Crippen LogP contribution is -2.69. The molecule has 5 aliphatic carbocycles. The molecule has 0 aromatic carbocycles. The highest BCUT2D eigenvalue weighted by atomic mass is 16.8. The van der Waals surface area contributed by atoms with Gasteiger partial charge < -0.3 is 84.2 Å². The molecular weight excluding hydrogens is 849 g/mol. The van der Waals surface area contributed by atoms with Gasteiger partial charge in [-0.25, -0.2) is 0 Å². The van der Waals surface area contributed by atoms with Gasteiger partial charge in [-0.1, -0.05) is 53.2 Å². The summed E-state index contributed by atoms with van der Waals surface area (Å²) in [6.07, 6.45) is -11.0. The van der Waals surface area contributed by atoms with Crippen molar-refractivity contribution in [1.82, 2.24) is 0 Å². The molecule has 0 amide bonds. The first-order chi connectivity index (χ1) is 30.5. The van der Waals surface area contributed by atoms with Crippen LogP contribution < -0.4 is 0 Å². The van der Waals surface area contributed by atoms with Gasteiger partial charge in [0.05, 0.1) is 38.1 Å². The van der Waals surface area contributed by atoms with Gasteiger partial charge in [-0.15, -0.1) is 0 Å². The van der Waals surface area contributed by atoms with E-state index in [1.54, 1.807) is 6.92 Å². The van der Waals surface area contributed by atoms with Crippen molar-refractivity contribution in [3.63, 3.8) is 0 Å². The van der Waals surface area contributed by atoms with E-state index in [0.29, 0.717) is 6.42 Å². The fourth-order valence-corrected chi connectivity index (χ4v) is 15.2. The Morgan fingerprint density at radius 3 is 1.86 bits per heavy atom. The number of aliphatic hydroxyl groups is 10. The predicted octanol–water partition coefficient (Wildman–Crippen LogP) is 0.878. The number of fused-ring (bicyclic) bond motifs is 7. The number of rotatable bonds is 11. The number of aliphatic hydroxyl groups excluding tert-OH is 10. The molecule has 17 nitrogen and oxygen atoms in total. The van der Waals surface area contributed by atoms with Crippen LogP contribution in [-0.4, -0.2) is 183 Å². The lowest BCUT2D eigenvalue weighted by atomic mass is 9.33. The topological polar surface area (TPSA) is 267 Å². The van der Waals surface area contributed by atoms with Gasteiger partial charge in [0.15, 0.2) is 18.9 Å². The first-order valence-corrected chi connectivity index (χ1v) is 24.2. The van der Waals surface area contributed by atoms with Crippen LogP contribution in [0.1, 0.15) is 106 Å². The van der Waals surface area contributed by atoms with E-state index < -0.39 is 111 Å². The molecule has 10 N–H and O–H groups in total. The molecule has 17 heteroatoms. The van der Waals surface area contributed by atoms with Crippen LogP contribution in [0.15, 0.2) is 11.6 Å². The van der Waals surface area contributed by atoms with E-state index in [-0.39, 0.29) is 64.1 Å². The van der Waals surface area contributed by atoms with Gasteiger partial charge in [-0.05, 0) is 98.2 Å². The molecule has 3 aliphatic heterocycles. The second kappa shape index (κ2) is 18.0. The normalized spacial score (nSPS) is 55.4. The van der Waals surface area contributed by atoms with Crippen molar-refractivity contribution in [2.24, 2.45) is 50.2 Å². The van der Waals surface area contributed by atoms with E-state index in [4.69, 9.17) is 33.2 Å². The number of allylic oxidation sites excluding steroid dienone is 1. The zero-order chi connectivity index (χ0) is 47.4. The van der Waals surface area contributed by atoms with Gasteiger partial charge in [-0.3, -0.25) is 0 Å². The van der Waals surface area contributed by atoms with Crippen molar-refractivity contribution < 1.29 is 84.2 Å². The Balaban J connectivity index is 1.00. The predicted molar refractivity (Wildman–Crippen MR) is 230 cm³/mol. The quantitative estimate of drug-likeness (QED) is 0.102. The minimum Gasteiger partial charge on any atom is -0.396 e. The molecule has 0 aromatic rings. The third kappa shape index (κ3) is 7.85. The standard InChI is InChI=1S/C48H80O17/c1-23-31(53)38(65-41-35(57)33(55)37(28(20-50)62-41)64-40-34(56)32(54)27(19-49)61-40)36(58)42(60-23)63-30-10-11-44(4)29(45(30,5)21-51)9-12-47(7)39(44)26(59-8)17-24-25-18-43(2,3)13-15-48(25,22-52)16-14-46(24,47)6/h17,23,25-42,49-58H,9-16,18-22H2,1-8H3/t23-,25+,26-,27-,28-,29+,30+,31+,32+,33-,34-,35-,36-,37-,38+,39-,40+,41+,42+,44+,45+,46-,47-,48-/m1/s1. The summed E-state index contributed by atoms with van der Waals surface area (Å²) in [6, 6.07) is 0. The minimum absolute atomic E-state index is 0.0102. The van der Waals surface area contributed by atoms with E-state index >= 15 is 0 Å². The Kier molecular flexibility index (Phi) is 14.0. The molecule has 0 unspecified atom stereocenters. The molecule has 0 aromatic heterocycles. The van der Waals surface area contributed by atoms with Crippen LogP contribution in [0.5, 0.6) is 0 Å². The van der Waals surface area contributed by atoms with Gasteiger partial charge >= 0.3 is 0 Å². The maximum Gasteiger partial charge on any atom is 0.187 e. The Bertz CT molecular complexity index is 1720. The number of methoxy groups -OCH3 is 1. The summed E-state index contributed by atoms with van der Waals surface area (Å²) >= 11 is 0. The van der Waals surface area contributed by atoms with Gasteiger partial charge in [0, 0.05) is 30.5 Å². The molecule has 0 spiro atoms. The Morgan fingerprint density at radius 2 is 1.25 bits per heavy atom. The number of hydrogen-bond acceptors (Lipinski definition) is 17. The molecule has 0 radical (unpaired) electrons. The zero-order valence-electron chi connectivity index (χ0n) is 39.6. The highest BCUT2D eigenvalue weighted by Crippen LogP contribution is 2.76. The molecule has 8 aliphatic rings. The molecule has 3 saturated heterocycles. The fourth-order valence-electron chi connectivity index (χ4n) is 15.2. The lowest BCUT2D eigenvalue weighted by molar-refractivity contribution is -0.374. The van der Waals surface area contributed by atoms with Gasteiger partial charge in [0.25, 0.3) is 0 Å². The summed E-state index contributed by atoms with van der Waals surface area (Å²) < 4.78 is 42.3. The average molecular weight is 929 g/mol. The molecule has 65 heavy (non-hydrogen) atoms. The second-order valence-electron chi connectivity index (χ2n) is 23.2. The second-order valence-corrected chi connectivity index (χ2v) is 23.2. The molecule has 8 rings (SSSR count). The molecule has 374 valence electrons. The van der Waals surface area contributed by atoms with Crippen molar-refractivity contribution in [3.8, 4) is 0 Å². The maximum absolute atomic E-state index is 11.9. The molecular formula is C48H80O17. The Labute approximate surface area is 383 Å². The summed E-state index contributed by atoms with van der Waals surface area (Å²) in [5.74, 6) is 0.387. The van der Waals surface area contributed by atoms with E-state index in [1.807, 2.05) is 7.11 Å². The summed E-state index contributed by atoms with van der Waals surface area (Å²) in [5, 5.41) is 108. The van der Waals surface area contributed by atoms with Crippen molar-refractivity contribution in [2.75, 3.05) is 33.5 Å². The van der Waals surface area contributed by atoms with Crippen LogP contribution in [0.4, 0.5) is 0 Å². The monoisotopic (exact) mass is 929 g/mol. The first kappa shape index (κ1) is 50.4. The number of hydrogen-bond donors (Lipinski definition) is 10. The van der Waals surface area contributed by atoms with Crippen LogP contribution in [0.2, 0.25) is 0 Å². The van der Waals surface area contributed by atoms with E-state index in [2.05, 4.69) is 47.6 Å². The third-order valence-electron chi connectivity index (χ3n) is 19.4. The minimum atomic E-state index is -1.85. The molecule has 7 fully saturated rings. The zero-order valence-corrected chi connectivity index (χ0v) is 39.6. The third-order valence-corrected chi connectivity index (χ3v) is 19.4. The van der Waals surface area contributed by atoms with Crippen LogP contribution in [0.3, 0.4) is 0 Å². The summed E-state index contributed by atoms with van der Waals surface area (Å²) in [4.78, 5) is 0. The summed E-state index contributed by atoms with van der Waals surface area (Å²) in [5.41, 5.74) is 0.218. The smallest absolute Gasteiger partial charge is 0.187 e. The Morgan fingerprint density at radius 1 is 0.631 bits per heavy atom. The summed E-state index contributed by atoms with van der Waals surface area (Å²) in [7, 11) is 1.81. The average Bonchev–Trinajstić information content (AvgIpc) is 3.55. The van der Waals surface area contributed by atoms with Gasteiger partial charge in [-0.2, -0.15) is 0 Å². The van der Waals surface area contributed by atoms with Crippen molar-refractivity contribution in [3.05, 3.63) is 11.6 Å². The lowest BCUT2D eigenvalue weighted by Gasteiger charge is -2.72. The molecule has 0 bridgehead atoms. The highest BCUT2D eigenvalue weighted by Gasteiger charge is 2.71. The van der Waals surface area contributed by atoms with E-state index in [0.717, 1.165) is 51.4 Å². The SMILES string of the molecule is CO[C@@H]1C=C2[C@@H]3CC(C)(C)CC[C@]3(CO)CC[C@@]2(C)[C@]2(C)CC[C@@H]3[C@](C)(CO)[C@@H](O[C@@H]4O[C@H](C)[C@H](O)[C@H](O[C@@H]5O[C@H](CO)[C@@H](O[C@@H]6O[C@H](CO)[C@H](O)[C@H]6O)[C@H](O)[C@H]5O)[C@H]4O)CC[C@]3(C)[C@@H]12. The van der Waals surface area contributed by atoms with Crippen LogP contribution in [0.25, 0.3) is 0 Å². The largest absolute Gasteiger partial charge is 0.396 e. The molecule has 24 atom stereocenters. The van der Waals surface area contributed by atoms with E-state index in [1.165, 1.54) is 5.57 Å². The van der Waals surface area contributed by atoms with E-state index in [9.17, 15) is 51.1 Å². The van der Waals surface area contributed by atoms with Crippen molar-refractivity contribution in [2.45, 2.75) is 204 Å². The molecule has 4 saturated carbocycles. The Hall–Kier alpha value is -0.940.